The van der Waals surface area contributed by atoms with E-state index in [0.29, 0.717) is 55.2 Å². The first-order chi connectivity index (χ1) is 21.7. The average Bonchev–Trinajstić information content (AvgIpc) is 3.44. The molecule has 20 heteroatoms. The molecule has 13 nitrogen and oxygen atoms in total. The number of amides is 1. The van der Waals surface area contributed by atoms with Crippen molar-refractivity contribution >= 4 is 21.9 Å². The molecule has 1 amide bonds. The van der Waals surface area contributed by atoms with Crippen LogP contribution < -0.4 is 4.74 Å². The minimum Gasteiger partial charge on any atom is -0.497 e. The van der Waals surface area contributed by atoms with Crippen molar-refractivity contribution in [1.82, 2.24) is 29.3 Å². The second kappa shape index (κ2) is 14.6. The number of piperazine rings is 1. The summed E-state index contributed by atoms with van der Waals surface area (Å²) in [5.41, 5.74) is 0.742. The third-order valence-corrected chi connectivity index (χ3v) is 8.88. The van der Waals surface area contributed by atoms with Crippen LogP contribution in [0.1, 0.15) is 39.0 Å². The van der Waals surface area contributed by atoms with Crippen LogP contribution in [0.3, 0.4) is 0 Å². The Labute approximate surface area is 264 Å². The van der Waals surface area contributed by atoms with Crippen LogP contribution in [0.15, 0.2) is 39.8 Å². The lowest BCUT2D eigenvalue weighted by molar-refractivity contribution is -0.192. The van der Waals surface area contributed by atoms with Crippen LogP contribution in [0.25, 0.3) is 0 Å². The van der Waals surface area contributed by atoms with Gasteiger partial charge in [0.2, 0.25) is 15.9 Å². The molecule has 0 radical (unpaired) electrons. The summed E-state index contributed by atoms with van der Waals surface area (Å²) < 4.78 is 108. The Morgan fingerprint density at radius 1 is 1.02 bits per heavy atom. The number of pyridine rings is 1. The summed E-state index contributed by atoms with van der Waals surface area (Å²) in [6, 6.07) is 5.61. The number of aromatic nitrogens is 3. The molecule has 1 fully saturated rings. The van der Waals surface area contributed by atoms with Crippen molar-refractivity contribution in [3.05, 3.63) is 64.6 Å². The van der Waals surface area contributed by atoms with Crippen molar-refractivity contribution in [1.29, 1.82) is 0 Å². The van der Waals surface area contributed by atoms with Gasteiger partial charge >= 0.3 is 30.1 Å². The Bertz CT molecular complexity index is 1650. The van der Waals surface area contributed by atoms with E-state index in [-0.39, 0.29) is 23.2 Å². The summed E-state index contributed by atoms with van der Waals surface area (Å²) >= 11 is 0. The number of aryl methyl sites for hydroxylation is 2. The molecule has 0 saturated carbocycles. The third-order valence-electron chi connectivity index (χ3n) is 6.77. The van der Waals surface area contributed by atoms with E-state index in [1.807, 2.05) is 4.90 Å². The fourth-order valence-electron chi connectivity index (χ4n) is 4.46. The van der Waals surface area contributed by atoms with E-state index in [9.17, 15) is 39.6 Å². The summed E-state index contributed by atoms with van der Waals surface area (Å²) in [7, 11) is -1.02. The zero-order valence-corrected chi connectivity index (χ0v) is 26.2. The van der Waals surface area contributed by atoms with E-state index in [1.165, 1.54) is 31.3 Å². The summed E-state index contributed by atoms with van der Waals surface area (Å²) in [5, 5.41) is 14.8. The highest BCUT2D eigenvalue weighted by Crippen LogP contribution is 2.29. The molecule has 0 atom stereocenters. The first-order valence-corrected chi connectivity index (χ1v) is 15.0. The molecule has 4 rings (SSSR count). The quantitative estimate of drug-likeness (QED) is 0.344. The monoisotopic (exact) mass is 696 g/mol. The van der Waals surface area contributed by atoms with E-state index in [4.69, 9.17) is 19.1 Å². The van der Waals surface area contributed by atoms with E-state index < -0.39 is 39.9 Å². The van der Waals surface area contributed by atoms with E-state index >= 15 is 0 Å². The zero-order valence-electron chi connectivity index (χ0n) is 25.4. The molecule has 2 aromatic heterocycles. The Morgan fingerprint density at radius 2 is 1.60 bits per heavy atom. The van der Waals surface area contributed by atoms with Crippen LogP contribution in [0.5, 0.6) is 5.75 Å². The summed E-state index contributed by atoms with van der Waals surface area (Å²) in [6.07, 6.45) is -8.37. The Morgan fingerprint density at radius 3 is 2.06 bits per heavy atom. The predicted octanol–water partition coefficient (Wildman–Crippen LogP) is 3.52. The topological polar surface area (TPSA) is 159 Å². The Hall–Kier alpha value is -4.30. The number of halogens is 6. The number of sulfonamides is 1. The average molecular weight is 697 g/mol. The van der Waals surface area contributed by atoms with Crippen LogP contribution in [-0.4, -0.2) is 101 Å². The van der Waals surface area contributed by atoms with Gasteiger partial charge in [-0.1, -0.05) is 6.07 Å². The number of rotatable bonds is 8. The SMILES string of the molecule is COc1cc(C)c(S(=O)(=O)N(C)Cc2nnc(C(=O)N3CCN(Cc4ccc(C(F)(F)F)nc4)CC3)o2)c(C)c1.O=C(O)C(F)(F)F. The highest BCUT2D eigenvalue weighted by atomic mass is 32.2. The predicted molar refractivity (Wildman–Crippen MR) is 150 cm³/mol. The summed E-state index contributed by atoms with van der Waals surface area (Å²) in [4.78, 5) is 29.0. The molecule has 3 heterocycles. The van der Waals surface area contributed by atoms with Gasteiger partial charge in [-0.25, -0.2) is 13.2 Å². The molecule has 258 valence electrons. The summed E-state index contributed by atoms with van der Waals surface area (Å²) in [6.45, 7) is 5.17. The molecule has 0 bridgehead atoms. The lowest BCUT2D eigenvalue weighted by atomic mass is 10.1. The second-order valence-electron chi connectivity index (χ2n) is 10.3. The number of carboxylic acid groups (broad SMARTS) is 1. The van der Waals surface area contributed by atoms with Gasteiger partial charge in [-0.05, 0) is 48.7 Å². The molecule has 1 aliphatic rings. The maximum atomic E-state index is 13.2. The van der Waals surface area contributed by atoms with Crippen molar-refractivity contribution < 1.29 is 58.6 Å². The second-order valence-corrected chi connectivity index (χ2v) is 12.3. The molecule has 1 N–H and O–H groups in total. The smallest absolute Gasteiger partial charge is 0.490 e. The molecule has 1 aromatic carbocycles. The van der Waals surface area contributed by atoms with Crippen molar-refractivity contribution in [2.24, 2.45) is 0 Å². The number of methoxy groups -OCH3 is 1. The highest BCUT2D eigenvalue weighted by molar-refractivity contribution is 7.89. The number of hydrogen-bond donors (Lipinski definition) is 1. The first-order valence-electron chi connectivity index (χ1n) is 13.5. The van der Waals surface area contributed by atoms with Crippen molar-refractivity contribution in [3.63, 3.8) is 0 Å². The number of carbonyl (C=O) groups excluding carboxylic acids is 1. The normalized spacial score (nSPS) is 14.5. The van der Waals surface area contributed by atoms with E-state index in [2.05, 4.69) is 15.2 Å². The van der Waals surface area contributed by atoms with Crippen LogP contribution in [0, 0.1) is 13.8 Å². The largest absolute Gasteiger partial charge is 0.497 e. The molecule has 1 saturated heterocycles. The molecular weight excluding hydrogens is 666 g/mol. The maximum Gasteiger partial charge on any atom is 0.490 e. The number of benzene rings is 1. The summed E-state index contributed by atoms with van der Waals surface area (Å²) in [5.74, 6) is -2.98. The van der Waals surface area contributed by atoms with Gasteiger partial charge in [0.15, 0.2) is 0 Å². The van der Waals surface area contributed by atoms with Gasteiger partial charge in [0.25, 0.3) is 0 Å². The van der Waals surface area contributed by atoms with Gasteiger partial charge in [0, 0.05) is 46.0 Å². The number of carbonyl (C=O) groups is 2. The van der Waals surface area contributed by atoms with Gasteiger partial charge in [-0.3, -0.25) is 14.7 Å². The standard InChI is InChI=1S/C25H29F3N6O5S.C2HF3O2/c1-16-11-19(38-4)12-17(2)22(16)40(36,37)32(3)15-21-30-31-23(39-21)24(35)34-9-7-33(8-10-34)14-18-5-6-20(29-13-18)25(26,27)28;3-2(4,5)1(6)7/h5-6,11-13H,7-10,14-15H2,1-4H3;(H,6,7). The first kappa shape index (κ1) is 37.2. The van der Waals surface area contributed by atoms with Crippen molar-refractivity contribution in [3.8, 4) is 5.75 Å². The number of aliphatic carboxylic acids is 1. The fourth-order valence-corrected chi connectivity index (χ4v) is 5.98. The van der Waals surface area contributed by atoms with Gasteiger partial charge in [0.05, 0.1) is 18.6 Å². The fraction of sp³-hybridized carbons (Fsp3) is 0.444. The number of hydrogen-bond acceptors (Lipinski definition) is 10. The maximum absolute atomic E-state index is 13.2. The van der Waals surface area contributed by atoms with Crippen molar-refractivity contribution in [2.75, 3.05) is 40.3 Å². The molecule has 3 aromatic rings. The zero-order chi connectivity index (χ0) is 35.3. The molecule has 1 aliphatic heterocycles. The molecule has 0 aliphatic carbocycles. The van der Waals surface area contributed by atoms with E-state index in [1.54, 1.807) is 26.0 Å². The van der Waals surface area contributed by atoms with Gasteiger partial charge < -0.3 is 19.2 Å². The number of alkyl halides is 6. The molecule has 0 spiro atoms. The number of nitrogens with zero attached hydrogens (tertiary/aromatic N) is 6. The Balaban J connectivity index is 0.000000771. The van der Waals surface area contributed by atoms with Gasteiger partial charge in [0.1, 0.15) is 11.4 Å². The van der Waals surface area contributed by atoms with Gasteiger partial charge in [-0.2, -0.15) is 30.6 Å². The number of ether oxygens (including phenoxy) is 1. The van der Waals surface area contributed by atoms with Crippen LogP contribution >= 0.6 is 0 Å². The minimum absolute atomic E-state index is 0.0355. The van der Waals surface area contributed by atoms with Gasteiger partial charge in [-0.15, -0.1) is 10.2 Å². The van der Waals surface area contributed by atoms with Crippen LogP contribution in [0.4, 0.5) is 26.3 Å². The van der Waals surface area contributed by atoms with Crippen LogP contribution in [0.2, 0.25) is 0 Å². The third kappa shape index (κ3) is 9.61. The minimum atomic E-state index is -5.08. The lowest BCUT2D eigenvalue weighted by Crippen LogP contribution is -2.48. The molecule has 47 heavy (non-hydrogen) atoms. The number of carboxylic acids is 1. The molecule has 0 unspecified atom stereocenters. The Kier molecular flexibility index (Phi) is 11.6. The highest BCUT2D eigenvalue weighted by Gasteiger charge is 2.38. The molecular formula is C27H30F6N6O7S. The lowest BCUT2D eigenvalue weighted by Gasteiger charge is -2.34. The van der Waals surface area contributed by atoms with E-state index in [0.717, 1.165) is 10.4 Å². The van der Waals surface area contributed by atoms with Crippen LogP contribution in [-0.2, 0) is 34.1 Å². The van der Waals surface area contributed by atoms with Crippen molar-refractivity contribution in [2.45, 2.75) is 44.2 Å².